The van der Waals surface area contributed by atoms with E-state index in [2.05, 4.69) is 21.8 Å². The first kappa shape index (κ1) is 23.6. The lowest BCUT2D eigenvalue weighted by Crippen LogP contribution is -2.45. The average molecular weight is 470 g/mol. The summed E-state index contributed by atoms with van der Waals surface area (Å²) in [6.07, 6.45) is 7.47. The highest BCUT2D eigenvalue weighted by Crippen LogP contribution is 2.42. The Morgan fingerprint density at radius 2 is 2.00 bits per heavy atom. The van der Waals surface area contributed by atoms with Gasteiger partial charge in [-0.15, -0.1) is 0 Å². The molecule has 0 spiro atoms. The van der Waals surface area contributed by atoms with E-state index >= 15 is 0 Å². The largest absolute Gasteiger partial charge is 0.487 e. The van der Waals surface area contributed by atoms with Crippen molar-refractivity contribution in [2.75, 3.05) is 44.7 Å². The molecule has 1 aromatic carbocycles. The van der Waals surface area contributed by atoms with Crippen LogP contribution in [0.5, 0.6) is 5.75 Å². The van der Waals surface area contributed by atoms with Gasteiger partial charge in [0.2, 0.25) is 5.43 Å². The van der Waals surface area contributed by atoms with Gasteiger partial charge in [0, 0.05) is 51.0 Å². The Bertz CT molecular complexity index is 1260. The molecule has 1 N–H and O–H groups in total. The second-order valence-electron chi connectivity index (χ2n) is 8.52. The lowest BCUT2D eigenvalue weighted by molar-refractivity contribution is 0.0694. The standard InChI is InChI=1S/C18H20FN3O4.C6H8N2/c1-10-9-26-17-14-11(16(23)12(18(24)25)8-22(10)14)7-13(19)15(17)21-5-3-20(2)4-6-21;1-2-6-5-7-3-4-8-6/h7-8,10H,3-6,9H2,1-2H3,(H,24,25);3-5H,2H2,1H3. The second-order valence-corrected chi connectivity index (χ2v) is 8.52. The number of ether oxygens (including phenoxy) is 1. The first-order valence-electron chi connectivity index (χ1n) is 11.3. The van der Waals surface area contributed by atoms with Crippen LogP contribution in [0.25, 0.3) is 10.9 Å². The van der Waals surface area contributed by atoms with E-state index in [1.165, 1.54) is 6.20 Å². The quantitative estimate of drug-likeness (QED) is 0.625. The van der Waals surface area contributed by atoms with Crippen molar-refractivity contribution in [3.05, 3.63) is 58.2 Å². The Hall–Kier alpha value is -3.53. The predicted molar refractivity (Wildman–Crippen MR) is 126 cm³/mol. The number of hydrogen-bond donors (Lipinski definition) is 1. The van der Waals surface area contributed by atoms with Gasteiger partial charge in [0.1, 0.15) is 17.9 Å². The zero-order chi connectivity index (χ0) is 24.4. The maximum atomic E-state index is 15.0. The van der Waals surface area contributed by atoms with E-state index < -0.39 is 17.2 Å². The number of likely N-dealkylation sites (N-methyl/N-ethyl adjacent to an activating group) is 1. The van der Waals surface area contributed by atoms with Crippen molar-refractivity contribution in [2.45, 2.75) is 26.3 Å². The van der Waals surface area contributed by atoms with Crippen LogP contribution >= 0.6 is 0 Å². The lowest BCUT2D eigenvalue weighted by atomic mass is 10.1. The number of hydrogen-bond acceptors (Lipinski definition) is 7. The fourth-order valence-electron chi connectivity index (χ4n) is 4.20. The smallest absolute Gasteiger partial charge is 0.341 e. The fraction of sp³-hybridized carbons (Fsp3) is 0.417. The third-order valence-electron chi connectivity index (χ3n) is 6.17. The van der Waals surface area contributed by atoms with Crippen LogP contribution in [0.4, 0.5) is 10.1 Å². The summed E-state index contributed by atoms with van der Waals surface area (Å²) in [6, 6.07) is 0.994. The van der Waals surface area contributed by atoms with Crippen molar-refractivity contribution >= 4 is 22.6 Å². The molecule has 0 radical (unpaired) electrons. The number of anilines is 1. The Morgan fingerprint density at radius 1 is 1.26 bits per heavy atom. The molecule has 5 rings (SSSR count). The zero-order valence-electron chi connectivity index (χ0n) is 19.5. The van der Waals surface area contributed by atoms with Crippen molar-refractivity contribution in [3.8, 4) is 5.75 Å². The number of carboxylic acids is 1. The Balaban J connectivity index is 0.000000291. The summed E-state index contributed by atoms with van der Waals surface area (Å²) >= 11 is 0. The summed E-state index contributed by atoms with van der Waals surface area (Å²) in [5.41, 5.74) is 0.825. The lowest BCUT2D eigenvalue weighted by Gasteiger charge is -2.37. The van der Waals surface area contributed by atoms with Crippen LogP contribution < -0.4 is 15.1 Å². The molecular weight excluding hydrogens is 441 g/mol. The van der Waals surface area contributed by atoms with E-state index in [1.54, 1.807) is 23.2 Å². The molecule has 180 valence electrons. The molecule has 0 saturated carbocycles. The highest BCUT2D eigenvalue weighted by atomic mass is 19.1. The van der Waals surface area contributed by atoms with E-state index in [0.29, 0.717) is 30.0 Å². The van der Waals surface area contributed by atoms with Gasteiger partial charge in [-0.2, -0.15) is 0 Å². The molecule has 2 aliphatic heterocycles. The molecule has 2 aromatic heterocycles. The SMILES string of the molecule is CC1COc2c(N3CCN(C)CC3)c(F)cc3c(=O)c(C(=O)O)cn1c23.CCc1cnccn1. The van der Waals surface area contributed by atoms with Crippen molar-refractivity contribution < 1.29 is 19.0 Å². The zero-order valence-corrected chi connectivity index (χ0v) is 19.5. The maximum Gasteiger partial charge on any atom is 0.341 e. The minimum absolute atomic E-state index is 0.0434. The molecule has 9 nitrogen and oxygen atoms in total. The maximum absolute atomic E-state index is 15.0. The van der Waals surface area contributed by atoms with Gasteiger partial charge in [-0.3, -0.25) is 14.8 Å². The van der Waals surface area contributed by atoms with E-state index in [4.69, 9.17) is 4.74 Å². The Labute approximate surface area is 196 Å². The molecule has 3 aromatic rings. The van der Waals surface area contributed by atoms with Gasteiger partial charge in [-0.25, -0.2) is 9.18 Å². The van der Waals surface area contributed by atoms with Crippen LogP contribution in [0.15, 0.2) is 35.6 Å². The fourth-order valence-corrected chi connectivity index (χ4v) is 4.20. The molecule has 10 heteroatoms. The van der Waals surface area contributed by atoms with Gasteiger partial charge in [-0.1, -0.05) is 6.92 Å². The van der Waals surface area contributed by atoms with Crippen LogP contribution in [-0.4, -0.2) is 70.3 Å². The van der Waals surface area contributed by atoms with Crippen LogP contribution in [0.3, 0.4) is 0 Å². The number of carboxylic acid groups (broad SMARTS) is 1. The monoisotopic (exact) mass is 469 g/mol. The second kappa shape index (κ2) is 9.76. The molecule has 0 bridgehead atoms. The summed E-state index contributed by atoms with van der Waals surface area (Å²) in [4.78, 5) is 36.0. The number of aromatic carboxylic acids is 1. The molecule has 1 atom stereocenters. The Kier molecular flexibility index (Phi) is 6.78. The summed E-state index contributed by atoms with van der Waals surface area (Å²) in [5.74, 6) is -1.54. The number of carbonyl (C=O) groups is 1. The van der Waals surface area contributed by atoms with Gasteiger partial charge in [-0.05, 0) is 26.5 Å². The minimum Gasteiger partial charge on any atom is -0.487 e. The van der Waals surface area contributed by atoms with Crippen LogP contribution in [0, 0.1) is 5.82 Å². The topological polar surface area (TPSA) is 101 Å². The molecular formula is C24H28FN5O4. The predicted octanol–water partition coefficient (Wildman–Crippen LogP) is 2.58. The van der Waals surface area contributed by atoms with Crippen molar-refractivity contribution in [1.82, 2.24) is 19.4 Å². The van der Waals surface area contributed by atoms with Gasteiger partial charge in [0.15, 0.2) is 11.6 Å². The molecule has 4 heterocycles. The number of aryl methyl sites for hydroxylation is 1. The molecule has 1 fully saturated rings. The van der Waals surface area contributed by atoms with E-state index in [-0.39, 0.29) is 23.6 Å². The average Bonchev–Trinajstić information content (AvgIpc) is 2.84. The number of nitrogens with zero attached hydrogens (tertiary/aromatic N) is 5. The molecule has 34 heavy (non-hydrogen) atoms. The third-order valence-corrected chi connectivity index (χ3v) is 6.17. The number of pyridine rings is 1. The summed E-state index contributed by atoms with van der Waals surface area (Å²) < 4.78 is 22.6. The Morgan fingerprint density at radius 3 is 2.59 bits per heavy atom. The number of benzene rings is 1. The van der Waals surface area contributed by atoms with Crippen molar-refractivity contribution in [1.29, 1.82) is 0 Å². The number of halogens is 1. The normalized spacial score (nSPS) is 17.6. The third kappa shape index (κ3) is 4.45. The van der Waals surface area contributed by atoms with Gasteiger partial charge < -0.3 is 24.2 Å². The first-order valence-corrected chi connectivity index (χ1v) is 11.3. The van der Waals surface area contributed by atoms with Crippen LogP contribution in [0.2, 0.25) is 0 Å². The van der Waals surface area contributed by atoms with E-state index in [0.717, 1.165) is 31.3 Å². The van der Waals surface area contributed by atoms with E-state index in [1.807, 2.05) is 18.9 Å². The number of piperazine rings is 1. The van der Waals surface area contributed by atoms with Gasteiger partial charge in [0.25, 0.3) is 0 Å². The molecule has 1 saturated heterocycles. The number of rotatable bonds is 3. The molecule has 0 aliphatic carbocycles. The van der Waals surface area contributed by atoms with Gasteiger partial charge in [0.05, 0.1) is 22.6 Å². The first-order chi connectivity index (χ1) is 16.3. The van der Waals surface area contributed by atoms with Gasteiger partial charge >= 0.3 is 5.97 Å². The van der Waals surface area contributed by atoms with Crippen molar-refractivity contribution in [2.24, 2.45) is 0 Å². The minimum atomic E-state index is -1.32. The van der Waals surface area contributed by atoms with Crippen molar-refractivity contribution in [3.63, 3.8) is 0 Å². The molecule has 1 unspecified atom stereocenters. The van der Waals surface area contributed by atoms with Crippen LogP contribution in [0.1, 0.15) is 35.9 Å². The highest BCUT2D eigenvalue weighted by Gasteiger charge is 2.30. The summed E-state index contributed by atoms with van der Waals surface area (Å²) in [6.45, 7) is 7.14. The molecule has 0 amide bonds. The van der Waals surface area contributed by atoms with E-state index in [9.17, 15) is 19.1 Å². The molecule has 2 aliphatic rings. The summed E-state index contributed by atoms with van der Waals surface area (Å²) in [7, 11) is 2.02. The van der Waals surface area contributed by atoms with Crippen LogP contribution in [-0.2, 0) is 6.42 Å². The highest BCUT2D eigenvalue weighted by molar-refractivity contribution is 5.97. The number of aromatic nitrogens is 3. The summed E-state index contributed by atoms with van der Waals surface area (Å²) in [5, 5.41) is 9.36.